The predicted octanol–water partition coefficient (Wildman–Crippen LogP) is 2.14. The molecule has 1 atom stereocenters. The van der Waals surface area contributed by atoms with Gasteiger partial charge in [-0.1, -0.05) is 11.6 Å². The molecule has 0 aliphatic rings. The van der Waals surface area contributed by atoms with E-state index in [1.54, 1.807) is 26.2 Å². The van der Waals surface area contributed by atoms with Gasteiger partial charge in [-0.3, -0.25) is 0 Å². The van der Waals surface area contributed by atoms with Gasteiger partial charge in [0.2, 0.25) is 0 Å². The summed E-state index contributed by atoms with van der Waals surface area (Å²) >= 11 is 5.86. The number of methoxy groups -OCH3 is 1. The van der Waals surface area contributed by atoms with Crippen molar-refractivity contribution in [3.8, 4) is 5.75 Å². The number of ether oxygens (including phenoxy) is 1. The molecule has 0 saturated heterocycles. The SMILES string of the molecule is COc1cc(NC[C@@H](C)O)ccc1Cl. The third-order valence-corrected chi connectivity index (χ3v) is 2.06. The third kappa shape index (κ3) is 3.09. The maximum Gasteiger partial charge on any atom is 0.139 e. The molecule has 0 aliphatic carbocycles. The molecule has 78 valence electrons. The summed E-state index contributed by atoms with van der Waals surface area (Å²) in [6, 6.07) is 5.39. The number of rotatable bonds is 4. The first kappa shape index (κ1) is 11.1. The Morgan fingerprint density at radius 2 is 2.29 bits per heavy atom. The first-order valence-electron chi connectivity index (χ1n) is 4.39. The molecule has 0 aromatic heterocycles. The lowest BCUT2D eigenvalue weighted by atomic mass is 10.3. The fourth-order valence-electron chi connectivity index (χ4n) is 1.04. The minimum absolute atomic E-state index is 0.378. The van der Waals surface area contributed by atoms with Gasteiger partial charge in [0.1, 0.15) is 5.75 Å². The lowest BCUT2D eigenvalue weighted by Crippen LogP contribution is -2.15. The van der Waals surface area contributed by atoms with E-state index in [1.165, 1.54) is 0 Å². The van der Waals surface area contributed by atoms with Crippen LogP contribution in [0, 0.1) is 0 Å². The minimum atomic E-state index is -0.378. The summed E-state index contributed by atoms with van der Waals surface area (Å²) in [7, 11) is 1.57. The van der Waals surface area contributed by atoms with Crippen LogP contribution in [0.3, 0.4) is 0 Å². The average Bonchev–Trinajstić information content (AvgIpc) is 2.16. The van der Waals surface area contributed by atoms with E-state index < -0.39 is 0 Å². The Morgan fingerprint density at radius 1 is 1.57 bits per heavy atom. The van der Waals surface area contributed by atoms with Gasteiger partial charge in [0.05, 0.1) is 18.2 Å². The van der Waals surface area contributed by atoms with Gasteiger partial charge >= 0.3 is 0 Å². The predicted molar refractivity (Wildman–Crippen MR) is 58.2 cm³/mol. The van der Waals surface area contributed by atoms with Crippen molar-refractivity contribution in [3.05, 3.63) is 23.2 Å². The zero-order chi connectivity index (χ0) is 10.6. The molecular weight excluding hydrogens is 202 g/mol. The van der Waals surface area contributed by atoms with Crippen molar-refractivity contribution in [1.29, 1.82) is 0 Å². The second-order valence-corrected chi connectivity index (χ2v) is 3.49. The number of halogens is 1. The molecule has 0 bridgehead atoms. The number of aliphatic hydroxyl groups excluding tert-OH is 1. The third-order valence-electron chi connectivity index (χ3n) is 1.75. The monoisotopic (exact) mass is 215 g/mol. The van der Waals surface area contributed by atoms with Crippen molar-refractivity contribution in [1.82, 2.24) is 0 Å². The largest absolute Gasteiger partial charge is 0.495 e. The Labute approximate surface area is 88.7 Å². The van der Waals surface area contributed by atoms with E-state index in [0.29, 0.717) is 17.3 Å². The van der Waals surface area contributed by atoms with Crippen LogP contribution >= 0.6 is 11.6 Å². The Balaban J connectivity index is 2.69. The smallest absolute Gasteiger partial charge is 0.139 e. The highest BCUT2D eigenvalue weighted by Gasteiger charge is 2.02. The summed E-state index contributed by atoms with van der Waals surface area (Å²) in [6.07, 6.45) is -0.378. The molecule has 0 unspecified atom stereocenters. The molecule has 0 fully saturated rings. The summed E-state index contributed by atoms with van der Waals surface area (Å²) in [4.78, 5) is 0. The van der Waals surface area contributed by atoms with Gasteiger partial charge in [0, 0.05) is 18.3 Å². The average molecular weight is 216 g/mol. The van der Waals surface area contributed by atoms with Gasteiger partial charge in [0.15, 0.2) is 0 Å². The Morgan fingerprint density at radius 3 is 2.86 bits per heavy atom. The molecule has 3 nitrogen and oxygen atoms in total. The van der Waals surface area contributed by atoms with E-state index >= 15 is 0 Å². The fraction of sp³-hybridized carbons (Fsp3) is 0.400. The normalized spacial score (nSPS) is 12.3. The van der Waals surface area contributed by atoms with E-state index in [-0.39, 0.29) is 6.10 Å². The van der Waals surface area contributed by atoms with Crippen molar-refractivity contribution in [2.24, 2.45) is 0 Å². The van der Waals surface area contributed by atoms with Crippen molar-refractivity contribution in [2.75, 3.05) is 19.0 Å². The summed E-state index contributed by atoms with van der Waals surface area (Å²) in [6.45, 7) is 2.23. The first-order valence-corrected chi connectivity index (χ1v) is 4.76. The number of benzene rings is 1. The Kier molecular flexibility index (Phi) is 4.04. The molecule has 0 amide bonds. The zero-order valence-corrected chi connectivity index (χ0v) is 9.01. The second-order valence-electron chi connectivity index (χ2n) is 3.08. The quantitative estimate of drug-likeness (QED) is 0.809. The van der Waals surface area contributed by atoms with Crippen molar-refractivity contribution < 1.29 is 9.84 Å². The molecule has 0 radical (unpaired) electrons. The van der Waals surface area contributed by atoms with Crippen LogP contribution in [-0.4, -0.2) is 24.9 Å². The zero-order valence-electron chi connectivity index (χ0n) is 8.25. The van der Waals surface area contributed by atoms with E-state index in [0.717, 1.165) is 5.69 Å². The molecule has 2 N–H and O–H groups in total. The van der Waals surface area contributed by atoms with Gasteiger partial charge in [-0.05, 0) is 19.1 Å². The van der Waals surface area contributed by atoms with Crippen LogP contribution in [0.25, 0.3) is 0 Å². The van der Waals surface area contributed by atoms with Crippen LogP contribution in [0.1, 0.15) is 6.92 Å². The highest BCUT2D eigenvalue weighted by molar-refractivity contribution is 6.32. The van der Waals surface area contributed by atoms with E-state index in [4.69, 9.17) is 21.4 Å². The molecular formula is C10H14ClNO2. The number of anilines is 1. The van der Waals surface area contributed by atoms with Crippen LogP contribution in [-0.2, 0) is 0 Å². The molecule has 4 heteroatoms. The molecule has 0 spiro atoms. The standard InChI is InChI=1S/C10H14ClNO2/c1-7(13)6-12-8-3-4-9(11)10(5-8)14-2/h3-5,7,12-13H,6H2,1-2H3/t7-/m1/s1. The summed E-state index contributed by atoms with van der Waals surface area (Å²) < 4.78 is 5.06. The van der Waals surface area contributed by atoms with Gasteiger partial charge in [-0.2, -0.15) is 0 Å². The van der Waals surface area contributed by atoms with Gasteiger partial charge in [0.25, 0.3) is 0 Å². The number of hydrogen-bond acceptors (Lipinski definition) is 3. The van der Waals surface area contributed by atoms with Crippen LogP contribution in [0.5, 0.6) is 5.75 Å². The van der Waals surface area contributed by atoms with Crippen molar-refractivity contribution in [3.63, 3.8) is 0 Å². The number of nitrogens with one attached hydrogen (secondary N) is 1. The van der Waals surface area contributed by atoms with Crippen LogP contribution in [0.2, 0.25) is 5.02 Å². The van der Waals surface area contributed by atoms with E-state index in [1.807, 2.05) is 6.07 Å². The van der Waals surface area contributed by atoms with E-state index in [2.05, 4.69) is 5.32 Å². The summed E-state index contributed by atoms with van der Waals surface area (Å²) in [5, 5.41) is 12.7. The highest BCUT2D eigenvalue weighted by Crippen LogP contribution is 2.27. The maximum atomic E-state index is 9.07. The topological polar surface area (TPSA) is 41.5 Å². The molecule has 1 rings (SSSR count). The molecule has 1 aromatic carbocycles. The lowest BCUT2D eigenvalue weighted by Gasteiger charge is -2.10. The van der Waals surface area contributed by atoms with Gasteiger partial charge < -0.3 is 15.2 Å². The van der Waals surface area contributed by atoms with Crippen LogP contribution in [0.15, 0.2) is 18.2 Å². The van der Waals surface area contributed by atoms with E-state index in [9.17, 15) is 0 Å². The first-order chi connectivity index (χ1) is 6.63. The van der Waals surface area contributed by atoms with Crippen LogP contribution in [0.4, 0.5) is 5.69 Å². The minimum Gasteiger partial charge on any atom is -0.495 e. The Hall–Kier alpha value is -0.930. The maximum absolute atomic E-state index is 9.07. The fourth-order valence-corrected chi connectivity index (χ4v) is 1.23. The highest BCUT2D eigenvalue weighted by atomic mass is 35.5. The molecule has 14 heavy (non-hydrogen) atoms. The number of hydrogen-bond donors (Lipinski definition) is 2. The summed E-state index contributed by atoms with van der Waals surface area (Å²) in [5.41, 5.74) is 0.882. The Bertz CT molecular complexity index is 302. The summed E-state index contributed by atoms with van der Waals surface area (Å²) in [5.74, 6) is 0.627. The van der Waals surface area contributed by atoms with Gasteiger partial charge in [-0.25, -0.2) is 0 Å². The van der Waals surface area contributed by atoms with Crippen molar-refractivity contribution >= 4 is 17.3 Å². The second kappa shape index (κ2) is 5.08. The van der Waals surface area contributed by atoms with Gasteiger partial charge in [-0.15, -0.1) is 0 Å². The lowest BCUT2D eigenvalue weighted by molar-refractivity contribution is 0.208. The molecule has 0 aliphatic heterocycles. The molecule has 0 saturated carbocycles. The molecule has 0 heterocycles. The molecule has 1 aromatic rings. The van der Waals surface area contributed by atoms with Crippen molar-refractivity contribution in [2.45, 2.75) is 13.0 Å². The van der Waals surface area contributed by atoms with Crippen LogP contribution < -0.4 is 10.1 Å². The number of aliphatic hydroxyl groups is 1.